The van der Waals surface area contributed by atoms with Crippen LogP contribution in [0.25, 0.3) is 0 Å². The minimum absolute atomic E-state index is 0.0610. The summed E-state index contributed by atoms with van der Waals surface area (Å²) in [4.78, 5) is 11.6. The van der Waals surface area contributed by atoms with Gasteiger partial charge >= 0.3 is 0 Å². The fraction of sp³-hybridized carbons (Fsp3) is 0.600. The Morgan fingerprint density at radius 2 is 2.33 bits per heavy atom. The smallest absolute Gasteiger partial charge is 0.256 e. The average Bonchev–Trinajstić information content (AvgIpc) is 2.60. The number of carbonyl (C=O) groups is 1. The van der Waals surface area contributed by atoms with E-state index in [2.05, 4.69) is 10.5 Å². The highest BCUT2D eigenvalue weighted by atomic mass is 35.5. The van der Waals surface area contributed by atoms with Gasteiger partial charge in [0, 0.05) is 6.54 Å². The van der Waals surface area contributed by atoms with Gasteiger partial charge in [-0.2, -0.15) is 0 Å². The van der Waals surface area contributed by atoms with Crippen LogP contribution in [0.15, 0.2) is 10.7 Å². The van der Waals surface area contributed by atoms with Crippen molar-refractivity contribution in [2.24, 2.45) is 5.92 Å². The number of carbonyl (C=O) groups excluding carboxylic acids is 1. The lowest BCUT2D eigenvalue weighted by atomic mass is 10.1. The molecule has 1 heterocycles. The van der Waals surface area contributed by atoms with Crippen LogP contribution >= 0.6 is 11.6 Å². The molecule has 84 valence electrons. The van der Waals surface area contributed by atoms with Gasteiger partial charge in [0.2, 0.25) is 0 Å². The summed E-state index contributed by atoms with van der Waals surface area (Å²) in [6, 6.07) is 0. The number of nitrogens with zero attached hydrogens (tertiary/aromatic N) is 1. The Kier molecular flexibility index (Phi) is 4.15. The van der Waals surface area contributed by atoms with Crippen molar-refractivity contribution in [1.29, 1.82) is 0 Å². The van der Waals surface area contributed by atoms with Gasteiger partial charge < -0.3 is 9.84 Å². The number of hydrogen-bond acceptors (Lipinski definition) is 3. The fourth-order valence-corrected chi connectivity index (χ4v) is 1.11. The van der Waals surface area contributed by atoms with Crippen LogP contribution in [0.4, 0.5) is 0 Å². The Morgan fingerprint density at radius 1 is 1.67 bits per heavy atom. The normalized spacial score (nSPS) is 12.9. The first-order valence-electron chi connectivity index (χ1n) is 4.86. The molecular weight excluding hydrogens is 216 g/mol. The molecule has 1 aromatic heterocycles. The molecule has 4 nitrogen and oxygen atoms in total. The van der Waals surface area contributed by atoms with E-state index in [0.717, 1.165) is 0 Å². The van der Waals surface area contributed by atoms with E-state index in [-0.39, 0.29) is 11.3 Å². The molecule has 5 heteroatoms. The minimum Gasteiger partial charge on any atom is -0.361 e. The van der Waals surface area contributed by atoms with Crippen LogP contribution in [-0.2, 0) is 0 Å². The highest BCUT2D eigenvalue weighted by molar-refractivity contribution is 6.21. The van der Waals surface area contributed by atoms with E-state index >= 15 is 0 Å². The molecule has 1 unspecified atom stereocenters. The number of aryl methyl sites for hydroxylation is 1. The van der Waals surface area contributed by atoms with E-state index in [1.807, 2.05) is 13.8 Å². The molecule has 0 aliphatic heterocycles. The van der Waals surface area contributed by atoms with Gasteiger partial charge in [-0.25, -0.2) is 0 Å². The zero-order chi connectivity index (χ0) is 11.4. The maximum atomic E-state index is 11.6. The van der Waals surface area contributed by atoms with Crippen LogP contribution in [0.1, 0.15) is 30.0 Å². The van der Waals surface area contributed by atoms with E-state index in [4.69, 9.17) is 16.1 Å². The van der Waals surface area contributed by atoms with Crippen LogP contribution in [0.2, 0.25) is 0 Å². The molecular formula is C10H15ClN2O2. The Labute approximate surface area is 94.0 Å². The zero-order valence-corrected chi connectivity index (χ0v) is 9.84. The maximum absolute atomic E-state index is 11.6. The fourth-order valence-electron chi connectivity index (χ4n) is 1.04. The van der Waals surface area contributed by atoms with Gasteiger partial charge in [-0.15, -0.1) is 11.6 Å². The first kappa shape index (κ1) is 12.0. The van der Waals surface area contributed by atoms with Crippen LogP contribution in [0.3, 0.4) is 0 Å². The van der Waals surface area contributed by atoms with Gasteiger partial charge in [0.1, 0.15) is 11.3 Å². The van der Waals surface area contributed by atoms with Crippen molar-refractivity contribution in [2.75, 3.05) is 6.54 Å². The molecule has 0 saturated carbocycles. The Morgan fingerprint density at radius 3 is 2.80 bits per heavy atom. The van der Waals surface area contributed by atoms with Gasteiger partial charge in [-0.05, 0) is 12.8 Å². The second-order valence-corrected chi connectivity index (χ2v) is 4.33. The summed E-state index contributed by atoms with van der Waals surface area (Å²) in [5.41, 5.74) is 0.461. The molecule has 0 bridgehead atoms. The summed E-state index contributed by atoms with van der Waals surface area (Å²) in [7, 11) is 0. The standard InChI is InChI=1S/C10H15ClN2O2/c1-6(2)9(11)5-12-10(14)8-4-13-15-7(8)3/h4,6,9H,5H2,1-3H3,(H,12,14). The predicted octanol–water partition coefficient (Wildman–Crippen LogP) is 1.98. The van der Waals surface area contributed by atoms with Crippen molar-refractivity contribution in [2.45, 2.75) is 26.1 Å². The molecule has 0 aliphatic rings. The summed E-state index contributed by atoms with van der Waals surface area (Å²) in [6.45, 7) is 6.16. The monoisotopic (exact) mass is 230 g/mol. The summed E-state index contributed by atoms with van der Waals surface area (Å²) < 4.78 is 4.80. The summed E-state index contributed by atoms with van der Waals surface area (Å²) in [5.74, 6) is 0.652. The van der Waals surface area contributed by atoms with E-state index in [9.17, 15) is 4.79 Å². The van der Waals surface area contributed by atoms with Crippen LogP contribution < -0.4 is 5.32 Å². The summed E-state index contributed by atoms with van der Waals surface area (Å²) in [6.07, 6.45) is 1.41. The summed E-state index contributed by atoms with van der Waals surface area (Å²) >= 11 is 6.01. The third-order valence-electron chi connectivity index (χ3n) is 2.18. The number of nitrogens with one attached hydrogen (secondary N) is 1. The second kappa shape index (κ2) is 5.16. The quantitative estimate of drug-likeness (QED) is 0.805. The average molecular weight is 231 g/mol. The number of rotatable bonds is 4. The van der Waals surface area contributed by atoms with Gasteiger partial charge in [-0.3, -0.25) is 4.79 Å². The van der Waals surface area contributed by atoms with Crippen LogP contribution in [-0.4, -0.2) is 23.0 Å². The number of alkyl halides is 1. The first-order chi connectivity index (χ1) is 7.02. The molecule has 0 aromatic carbocycles. The van der Waals surface area contributed by atoms with Crippen molar-refractivity contribution in [3.8, 4) is 0 Å². The Bertz CT molecular complexity index is 336. The number of amides is 1. The van der Waals surface area contributed by atoms with Gasteiger partial charge in [0.05, 0.1) is 11.6 Å². The third-order valence-corrected chi connectivity index (χ3v) is 2.83. The molecule has 1 aromatic rings. The molecule has 0 spiro atoms. The SMILES string of the molecule is Cc1oncc1C(=O)NCC(Cl)C(C)C. The van der Waals surface area contributed by atoms with Crippen LogP contribution in [0, 0.1) is 12.8 Å². The van der Waals surface area contributed by atoms with Crippen molar-refractivity contribution in [3.63, 3.8) is 0 Å². The van der Waals surface area contributed by atoms with Crippen molar-refractivity contribution in [1.82, 2.24) is 10.5 Å². The van der Waals surface area contributed by atoms with Crippen molar-refractivity contribution >= 4 is 17.5 Å². The molecule has 1 N–H and O–H groups in total. The third kappa shape index (κ3) is 3.23. The minimum atomic E-state index is -0.194. The van der Waals surface area contributed by atoms with E-state index in [0.29, 0.717) is 23.8 Å². The molecule has 15 heavy (non-hydrogen) atoms. The zero-order valence-electron chi connectivity index (χ0n) is 9.08. The summed E-state index contributed by atoms with van der Waals surface area (Å²) in [5, 5.41) is 6.21. The Balaban J connectivity index is 2.47. The maximum Gasteiger partial charge on any atom is 0.256 e. The highest BCUT2D eigenvalue weighted by Gasteiger charge is 2.15. The van der Waals surface area contributed by atoms with E-state index < -0.39 is 0 Å². The molecule has 0 aliphatic carbocycles. The molecule has 0 saturated heterocycles. The van der Waals surface area contributed by atoms with Gasteiger partial charge in [-0.1, -0.05) is 19.0 Å². The second-order valence-electron chi connectivity index (χ2n) is 3.77. The first-order valence-corrected chi connectivity index (χ1v) is 5.29. The number of aromatic nitrogens is 1. The number of halogens is 1. The van der Waals surface area contributed by atoms with Crippen molar-refractivity contribution in [3.05, 3.63) is 17.5 Å². The van der Waals surface area contributed by atoms with Gasteiger partial charge in [0.25, 0.3) is 5.91 Å². The largest absolute Gasteiger partial charge is 0.361 e. The molecule has 1 atom stereocenters. The van der Waals surface area contributed by atoms with E-state index in [1.54, 1.807) is 6.92 Å². The molecule has 1 rings (SSSR count). The lowest BCUT2D eigenvalue weighted by molar-refractivity contribution is 0.0951. The lowest BCUT2D eigenvalue weighted by Gasteiger charge is -2.13. The number of hydrogen-bond donors (Lipinski definition) is 1. The Hall–Kier alpha value is -1.03. The molecule has 0 radical (unpaired) electrons. The highest BCUT2D eigenvalue weighted by Crippen LogP contribution is 2.09. The predicted molar refractivity (Wildman–Crippen MR) is 58.1 cm³/mol. The van der Waals surface area contributed by atoms with Gasteiger partial charge in [0.15, 0.2) is 0 Å². The lowest BCUT2D eigenvalue weighted by Crippen LogP contribution is -2.32. The molecule has 0 fully saturated rings. The van der Waals surface area contributed by atoms with Crippen LogP contribution in [0.5, 0.6) is 0 Å². The molecule has 1 amide bonds. The van der Waals surface area contributed by atoms with Crippen molar-refractivity contribution < 1.29 is 9.32 Å². The van der Waals surface area contributed by atoms with E-state index in [1.165, 1.54) is 6.20 Å². The topological polar surface area (TPSA) is 55.1 Å².